The fourth-order valence-electron chi connectivity index (χ4n) is 3.75. The Balaban J connectivity index is 1.52. The molecule has 1 aliphatic heterocycles. The molecule has 182 valence electrons. The maximum Gasteiger partial charge on any atom is 0.275 e. The largest absolute Gasteiger partial charge is 0.485 e. The zero-order chi connectivity index (χ0) is 25.1. The Kier molecular flexibility index (Phi) is 6.86. The van der Waals surface area contributed by atoms with Gasteiger partial charge < -0.3 is 18.8 Å². The number of carbonyl (C=O) groups excluding carboxylic acids is 3. The van der Waals surface area contributed by atoms with E-state index in [1.807, 2.05) is 39.0 Å². The molecular weight excluding hydrogens is 450 g/mol. The number of rotatable bonds is 8. The molecule has 1 aromatic heterocycles. The van der Waals surface area contributed by atoms with Gasteiger partial charge in [-0.2, -0.15) is 0 Å². The van der Waals surface area contributed by atoms with Crippen molar-refractivity contribution in [2.45, 2.75) is 27.3 Å². The van der Waals surface area contributed by atoms with Crippen molar-refractivity contribution < 1.29 is 28.3 Å². The van der Waals surface area contributed by atoms with E-state index in [1.165, 1.54) is 16.1 Å². The molecule has 2 amide bonds. The number of Topliss-reactive ketones (excluding diaryl/α,β-unsaturated/α-hetero) is 1. The van der Waals surface area contributed by atoms with E-state index in [4.69, 9.17) is 13.9 Å². The van der Waals surface area contributed by atoms with Gasteiger partial charge in [0.1, 0.15) is 24.3 Å². The van der Waals surface area contributed by atoms with Crippen LogP contribution in [0.4, 0.5) is 5.69 Å². The Bertz CT molecular complexity index is 1260. The molecule has 2 heterocycles. The minimum Gasteiger partial charge on any atom is -0.485 e. The smallest absolute Gasteiger partial charge is 0.275 e. The maximum absolute atomic E-state index is 12.8. The van der Waals surface area contributed by atoms with Crippen molar-refractivity contribution in [3.8, 4) is 11.5 Å². The van der Waals surface area contributed by atoms with Crippen LogP contribution in [0.25, 0.3) is 0 Å². The van der Waals surface area contributed by atoms with Gasteiger partial charge in [-0.3, -0.25) is 19.3 Å². The van der Waals surface area contributed by atoms with Crippen LogP contribution in [0.3, 0.4) is 0 Å². The lowest BCUT2D eigenvalue weighted by Crippen LogP contribution is -2.38. The first-order chi connectivity index (χ1) is 16.7. The van der Waals surface area contributed by atoms with Gasteiger partial charge in [-0.15, -0.1) is 0 Å². The van der Waals surface area contributed by atoms with Crippen LogP contribution in [0.1, 0.15) is 44.8 Å². The lowest BCUT2D eigenvalue weighted by Gasteiger charge is -2.28. The van der Waals surface area contributed by atoms with Crippen LogP contribution in [-0.2, 0) is 11.3 Å². The first-order valence-corrected chi connectivity index (χ1v) is 11.3. The lowest BCUT2D eigenvalue weighted by atomic mass is 10.1. The first-order valence-electron chi connectivity index (χ1n) is 11.3. The summed E-state index contributed by atoms with van der Waals surface area (Å²) in [5, 5.41) is 0. The van der Waals surface area contributed by atoms with E-state index in [0.29, 0.717) is 29.3 Å². The molecule has 35 heavy (non-hydrogen) atoms. The maximum atomic E-state index is 12.8. The zero-order valence-electron chi connectivity index (χ0n) is 20.2. The Labute approximate surface area is 203 Å². The van der Waals surface area contributed by atoms with Gasteiger partial charge in [0.15, 0.2) is 24.7 Å². The fraction of sp³-hybridized carbons (Fsp3) is 0.308. The quantitative estimate of drug-likeness (QED) is 0.457. The standard InChI is InChI=1S/C26H27N3O6/c1-5-28(4)26(32)20-13-35-24(27-20)12-29-21-11-18(6-7-23(21)34-15-25(29)31)22(30)14-33-19-9-16(2)8-17(3)10-19/h6-11,13H,5,12,14-15H2,1-4H3. The van der Waals surface area contributed by atoms with Crippen LogP contribution in [0.2, 0.25) is 0 Å². The number of ether oxygens (including phenoxy) is 2. The van der Waals surface area contributed by atoms with Gasteiger partial charge in [-0.25, -0.2) is 4.98 Å². The summed E-state index contributed by atoms with van der Waals surface area (Å²) < 4.78 is 16.7. The molecular formula is C26H27N3O6. The molecule has 0 aliphatic carbocycles. The van der Waals surface area contributed by atoms with Crippen molar-refractivity contribution in [3.05, 3.63) is 70.9 Å². The molecule has 0 saturated carbocycles. The summed E-state index contributed by atoms with van der Waals surface area (Å²) in [7, 11) is 1.67. The van der Waals surface area contributed by atoms with E-state index in [2.05, 4.69) is 4.98 Å². The van der Waals surface area contributed by atoms with Crippen molar-refractivity contribution in [1.82, 2.24) is 9.88 Å². The zero-order valence-corrected chi connectivity index (χ0v) is 20.2. The SMILES string of the molecule is CCN(C)C(=O)c1coc(CN2C(=O)COc3ccc(C(=O)COc4cc(C)cc(C)c4)cc32)n1. The highest BCUT2D eigenvalue weighted by Gasteiger charge is 2.28. The number of hydrogen-bond acceptors (Lipinski definition) is 7. The Morgan fingerprint density at radius 1 is 1.14 bits per heavy atom. The number of anilines is 1. The van der Waals surface area contributed by atoms with Crippen LogP contribution in [0, 0.1) is 13.8 Å². The molecule has 2 aromatic carbocycles. The third-order valence-electron chi connectivity index (χ3n) is 5.67. The topological polar surface area (TPSA) is 102 Å². The van der Waals surface area contributed by atoms with E-state index in [1.54, 1.807) is 25.2 Å². The number of oxazole rings is 1. The molecule has 4 rings (SSSR count). The molecule has 0 spiro atoms. The second-order valence-corrected chi connectivity index (χ2v) is 8.43. The van der Waals surface area contributed by atoms with Crippen molar-refractivity contribution in [2.75, 3.05) is 31.7 Å². The summed E-state index contributed by atoms with van der Waals surface area (Å²) in [5.41, 5.74) is 3.06. The Hall–Kier alpha value is -4.14. The summed E-state index contributed by atoms with van der Waals surface area (Å²) in [6.45, 7) is 6.01. The number of carbonyl (C=O) groups is 3. The summed E-state index contributed by atoms with van der Waals surface area (Å²) in [6, 6.07) is 10.7. The molecule has 0 bridgehead atoms. The molecule has 0 fully saturated rings. The van der Waals surface area contributed by atoms with Crippen LogP contribution in [0.5, 0.6) is 11.5 Å². The highest BCUT2D eigenvalue weighted by molar-refractivity contribution is 6.02. The summed E-state index contributed by atoms with van der Waals surface area (Å²) in [4.78, 5) is 45.0. The number of aryl methyl sites for hydroxylation is 2. The second-order valence-electron chi connectivity index (χ2n) is 8.43. The number of nitrogens with zero attached hydrogens (tertiary/aromatic N) is 3. The molecule has 0 radical (unpaired) electrons. The monoisotopic (exact) mass is 477 g/mol. The van der Waals surface area contributed by atoms with Gasteiger partial charge in [-0.05, 0) is 62.2 Å². The van der Waals surface area contributed by atoms with Crippen LogP contribution >= 0.6 is 0 Å². The van der Waals surface area contributed by atoms with Crippen molar-refractivity contribution in [1.29, 1.82) is 0 Å². The number of amides is 2. The minimum absolute atomic E-state index is 0.00494. The molecule has 3 aromatic rings. The molecule has 0 saturated heterocycles. The van der Waals surface area contributed by atoms with E-state index >= 15 is 0 Å². The van der Waals surface area contributed by atoms with Gasteiger partial charge in [0.2, 0.25) is 5.89 Å². The number of fused-ring (bicyclic) bond motifs is 1. The van der Waals surface area contributed by atoms with E-state index in [-0.39, 0.29) is 48.9 Å². The van der Waals surface area contributed by atoms with Crippen molar-refractivity contribution in [3.63, 3.8) is 0 Å². The first kappa shape index (κ1) is 24.0. The summed E-state index contributed by atoms with van der Waals surface area (Å²) in [6.07, 6.45) is 1.28. The average Bonchev–Trinajstić information content (AvgIpc) is 3.31. The second kappa shape index (κ2) is 10.0. The van der Waals surface area contributed by atoms with Crippen molar-refractivity contribution >= 4 is 23.3 Å². The Morgan fingerprint density at radius 3 is 2.60 bits per heavy atom. The average molecular weight is 478 g/mol. The van der Waals surface area contributed by atoms with Gasteiger partial charge >= 0.3 is 0 Å². The normalized spacial score (nSPS) is 12.7. The van der Waals surface area contributed by atoms with E-state index < -0.39 is 0 Å². The molecule has 0 atom stereocenters. The van der Waals surface area contributed by atoms with Crippen LogP contribution < -0.4 is 14.4 Å². The predicted molar refractivity (Wildman–Crippen MR) is 128 cm³/mol. The number of benzene rings is 2. The number of hydrogen-bond donors (Lipinski definition) is 0. The van der Waals surface area contributed by atoms with Crippen LogP contribution in [0.15, 0.2) is 47.1 Å². The molecule has 1 aliphatic rings. The van der Waals surface area contributed by atoms with Crippen molar-refractivity contribution in [2.24, 2.45) is 0 Å². The highest BCUT2D eigenvalue weighted by atomic mass is 16.5. The lowest BCUT2D eigenvalue weighted by molar-refractivity contribution is -0.121. The third kappa shape index (κ3) is 5.34. The summed E-state index contributed by atoms with van der Waals surface area (Å²) in [5.74, 6) is 0.463. The van der Waals surface area contributed by atoms with Gasteiger partial charge in [-0.1, -0.05) is 6.07 Å². The van der Waals surface area contributed by atoms with E-state index in [0.717, 1.165) is 11.1 Å². The number of ketones is 1. The van der Waals surface area contributed by atoms with Gasteiger partial charge in [0.25, 0.3) is 11.8 Å². The molecule has 9 heteroatoms. The summed E-state index contributed by atoms with van der Waals surface area (Å²) >= 11 is 0. The molecule has 0 N–H and O–H groups in total. The third-order valence-corrected chi connectivity index (χ3v) is 5.67. The predicted octanol–water partition coefficient (Wildman–Crippen LogP) is 3.57. The molecule has 0 unspecified atom stereocenters. The Morgan fingerprint density at radius 2 is 1.89 bits per heavy atom. The van der Waals surface area contributed by atoms with Crippen LogP contribution in [-0.4, -0.2) is 54.3 Å². The van der Waals surface area contributed by atoms with Gasteiger partial charge in [0.05, 0.1) is 5.69 Å². The minimum atomic E-state index is -0.315. The fourth-order valence-corrected chi connectivity index (χ4v) is 3.75. The van der Waals surface area contributed by atoms with E-state index in [9.17, 15) is 14.4 Å². The highest BCUT2D eigenvalue weighted by Crippen LogP contribution is 2.34. The van der Waals surface area contributed by atoms with Gasteiger partial charge in [0, 0.05) is 19.2 Å². The molecule has 9 nitrogen and oxygen atoms in total. The number of aromatic nitrogens is 1.